The van der Waals surface area contributed by atoms with Crippen LogP contribution in [0.4, 0.5) is 11.6 Å². The number of nitrogens with zero attached hydrogens (tertiary/aromatic N) is 1. The fourth-order valence-electron chi connectivity index (χ4n) is 1.93. The van der Waals surface area contributed by atoms with Crippen LogP contribution in [0.5, 0.6) is 0 Å². The number of rotatable bonds is 8. The van der Waals surface area contributed by atoms with E-state index >= 15 is 0 Å². The molecule has 0 aliphatic carbocycles. The first kappa shape index (κ1) is 17.3. The van der Waals surface area contributed by atoms with Gasteiger partial charge in [0.05, 0.1) is 16.7 Å². The van der Waals surface area contributed by atoms with Gasteiger partial charge in [0.15, 0.2) is 0 Å². The largest absolute Gasteiger partial charge is 0.396 e. The Balaban J connectivity index is 2.89. The maximum Gasteiger partial charge on any atom is 0.147 e. The molecule has 0 spiro atoms. The maximum atomic E-state index is 9.58. The Morgan fingerprint density at radius 2 is 1.65 bits per heavy atom. The van der Waals surface area contributed by atoms with E-state index in [9.17, 15) is 5.11 Å². The zero-order valence-corrected chi connectivity index (χ0v) is 13.8. The van der Waals surface area contributed by atoms with Crippen molar-refractivity contribution >= 4 is 34.8 Å². The van der Waals surface area contributed by atoms with Crippen molar-refractivity contribution in [1.82, 2.24) is 4.98 Å². The van der Waals surface area contributed by atoms with Gasteiger partial charge in [0, 0.05) is 18.5 Å². The predicted octanol–water partition coefficient (Wildman–Crippen LogP) is 4.03. The molecule has 0 saturated carbocycles. The molecule has 6 heteroatoms. The van der Waals surface area contributed by atoms with Crippen molar-refractivity contribution in [3.05, 3.63) is 16.1 Å². The van der Waals surface area contributed by atoms with Gasteiger partial charge in [0.1, 0.15) is 11.6 Å². The fourth-order valence-corrected chi connectivity index (χ4v) is 2.42. The molecular weight excluding hydrogens is 297 g/mol. The molecule has 0 amide bonds. The Labute approximate surface area is 130 Å². The Morgan fingerprint density at radius 1 is 1.10 bits per heavy atom. The van der Waals surface area contributed by atoms with Crippen LogP contribution < -0.4 is 10.6 Å². The third kappa shape index (κ3) is 4.14. The summed E-state index contributed by atoms with van der Waals surface area (Å²) in [6.45, 7) is 7.61. The number of aliphatic hydroxyl groups excluding tert-OH is 1. The smallest absolute Gasteiger partial charge is 0.147 e. The van der Waals surface area contributed by atoms with Gasteiger partial charge in [-0.25, -0.2) is 4.98 Å². The minimum absolute atomic E-state index is 0.137. The average molecular weight is 320 g/mol. The van der Waals surface area contributed by atoms with E-state index in [1.807, 2.05) is 6.92 Å². The molecule has 114 valence electrons. The molecule has 1 rings (SSSR count). The average Bonchev–Trinajstić information content (AvgIpc) is 2.45. The van der Waals surface area contributed by atoms with E-state index in [1.165, 1.54) is 0 Å². The van der Waals surface area contributed by atoms with Crippen molar-refractivity contribution in [2.24, 2.45) is 5.41 Å². The van der Waals surface area contributed by atoms with E-state index in [0.29, 0.717) is 28.2 Å². The number of aliphatic hydroxyl groups is 1. The SMILES string of the molecule is CCNc1nc(NCC(CC)(CC)CO)c(Cl)cc1Cl. The van der Waals surface area contributed by atoms with Crippen LogP contribution >= 0.6 is 23.2 Å². The van der Waals surface area contributed by atoms with Crippen molar-refractivity contribution in [2.75, 3.05) is 30.3 Å². The molecule has 0 bridgehead atoms. The lowest BCUT2D eigenvalue weighted by atomic mass is 9.83. The minimum atomic E-state index is -0.150. The Morgan fingerprint density at radius 3 is 2.10 bits per heavy atom. The van der Waals surface area contributed by atoms with Gasteiger partial charge in [-0.15, -0.1) is 0 Å². The molecule has 0 atom stereocenters. The van der Waals surface area contributed by atoms with Crippen LogP contribution in [0.15, 0.2) is 6.07 Å². The van der Waals surface area contributed by atoms with Crippen LogP contribution in [0.2, 0.25) is 10.0 Å². The van der Waals surface area contributed by atoms with E-state index < -0.39 is 0 Å². The van der Waals surface area contributed by atoms with Gasteiger partial charge in [0.2, 0.25) is 0 Å². The highest BCUT2D eigenvalue weighted by Gasteiger charge is 2.25. The minimum Gasteiger partial charge on any atom is -0.396 e. The van der Waals surface area contributed by atoms with Gasteiger partial charge < -0.3 is 15.7 Å². The molecule has 0 aliphatic heterocycles. The highest BCUT2D eigenvalue weighted by molar-refractivity contribution is 6.37. The van der Waals surface area contributed by atoms with Crippen LogP contribution in [-0.2, 0) is 0 Å². The van der Waals surface area contributed by atoms with Gasteiger partial charge in [-0.2, -0.15) is 0 Å². The van der Waals surface area contributed by atoms with Crippen LogP contribution in [0.1, 0.15) is 33.6 Å². The van der Waals surface area contributed by atoms with Crippen molar-refractivity contribution < 1.29 is 5.11 Å². The van der Waals surface area contributed by atoms with Crippen LogP contribution in [0, 0.1) is 5.41 Å². The number of aromatic nitrogens is 1. The van der Waals surface area contributed by atoms with Gasteiger partial charge >= 0.3 is 0 Å². The van der Waals surface area contributed by atoms with E-state index in [2.05, 4.69) is 29.5 Å². The van der Waals surface area contributed by atoms with Gasteiger partial charge in [-0.3, -0.25) is 0 Å². The second-order valence-corrected chi connectivity index (χ2v) is 5.71. The normalized spacial score (nSPS) is 11.5. The first-order valence-corrected chi connectivity index (χ1v) is 7.72. The van der Waals surface area contributed by atoms with Crippen LogP contribution in [0.25, 0.3) is 0 Å². The first-order chi connectivity index (χ1) is 9.51. The molecule has 20 heavy (non-hydrogen) atoms. The summed E-state index contributed by atoms with van der Waals surface area (Å²) in [7, 11) is 0. The zero-order valence-electron chi connectivity index (χ0n) is 12.3. The lowest BCUT2D eigenvalue weighted by molar-refractivity contribution is 0.127. The van der Waals surface area contributed by atoms with Crippen molar-refractivity contribution in [3.63, 3.8) is 0 Å². The maximum absolute atomic E-state index is 9.58. The summed E-state index contributed by atoms with van der Waals surface area (Å²) < 4.78 is 0. The molecule has 1 heterocycles. The molecule has 0 fully saturated rings. The molecule has 0 aliphatic rings. The van der Waals surface area contributed by atoms with Crippen LogP contribution in [0.3, 0.4) is 0 Å². The number of nitrogens with one attached hydrogen (secondary N) is 2. The summed E-state index contributed by atoms with van der Waals surface area (Å²) in [5.74, 6) is 1.20. The predicted molar refractivity (Wildman–Crippen MR) is 87.0 cm³/mol. The van der Waals surface area contributed by atoms with E-state index in [0.717, 1.165) is 19.4 Å². The summed E-state index contributed by atoms with van der Waals surface area (Å²) in [6.07, 6.45) is 1.77. The quantitative estimate of drug-likeness (QED) is 0.677. The fraction of sp³-hybridized carbons (Fsp3) is 0.643. The Kier molecular flexibility index (Phi) is 6.86. The number of pyridine rings is 1. The van der Waals surface area contributed by atoms with E-state index in [1.54, 1.807) is 6.07 Å². The summed E-state index contributed by atoms with van der Waals surface area (Å²) in [6, 6.07) is 1.68. The second kappa shape index (κ2) is 7.91. The third-order valence-corrected chi connectivity index (χ3v) is 4.32. The summed E-state index contributed by atoms with van der Waals surface area (Å²) in [5, 5.41) is 16.9. The lowest BCUT2D eigenvalue weighted by Crippen LogP contribution is -2.32. The van der Waals surface area contributed by atoms with Gasteiger partial charge in [-0.1, -0.05) is 37.0 Å². The second-order valence-electron chi connectivity index (χ2n) is 4.90. The number of anilines is 2. The molecule has 1 aromatic rings. The summed E-state index contributed by atoms with van der Waals surface area (Å²) >= 11 is 12.2. The van der Waals surface area contributed by atoms with E-state index in [4.69, 9.17) is 23.2 Å². The summed E-state index contributed by atoms with van der Waals surface area (Å²) in [4.78, 5) is 4.40. The molecule has 0 radical (unpaired) electrons. The van der Waals surface area contributed by atoms with Crippen molar-refractivity contribution in [3.8, 4) is 0 Å². The van der Waals surface area contributed by atoms with E-state index in [-0.39, 0.29) is 12.0 Å². The number of halogens is 2. The standard InChI is InChI=1S/C14H23Cl2N3O/c1-4-14(5-2,9-20)8-18-13-11(16)7-10(15)12(19-13)17-6-3/h7,20H,4-6,8-9H2,1-3H3,(H2,17,18,19). The molecule has 4 nitrogen and oxygen atoms in total. The van der Waals surface area contributed by atoms with Gasteiger partial charge in [0.25, 0.3) is 0 Å². The van der Waals surface area contributed by atoms with Gasteiger partial charge in [-0.05, 0) is 25.8 Å². The number of hydrogen-bond acceptors (Lipinski definition) is 4. The highest BCUT2D eigenvalue weighted by Crippen LogP contribution is 2.31. The number of hydrogen-bond donors (Lipinski definition) is 3. The Bertz CT molecular complexity index is 428. The molecule has 0 saturated heterocycles. The monoisotopic (exact) mass is 319 g/mol. The molecular formula is C14H23Cl2N3O. The first-order valence-electron chi connectivity index (χ1n) is 6.96. The van der Waals surface area contributed by atoms with Crippen molar-refractivity contribution in [2.45, 2.75) is 33.6 Å². The molecule has 0 aromatic carbocycles. The highest BCUT2D eigenvalue weighted by atomic mass is 35.5. The lowest BCUT2D eigenvalue weighted by Gasteiger charge is -2.30. The topological polar surface area (TPSA) is 57.2 Å². The zero-order chi connectivity index (χ0) is 15.2. The van der Waals surface area contributed by atoms with Crippen LogP contribution in [-0.4, -0.2) is 29.8 Å². The molecule has 0 unspecified atom stereocenters. The Hall–Kier alpha value is -0.710. The molecule has 1 aromatic heterocycles. The molecule has 3 N–H and O–H groups in total. The van der Waals surface area contributed by atoms with Crippen molar-refractivity contribution in [1.29, 1.82) is 0 Å². The summed E-state index contributed by atoms with van der Waals surface area (Å²) in [5.41, 5.74) is -0.150. The third-order valence-electron chi connectivity index (χ3n) is 3.74.